The summed E-state index contributed by atoms with van der Waals surface area (Å²) in [5.41, 5.74) is 0.740. The van der Waals surface area contributed by atoms with Crippen molar-refractivity contribution in [1.29, 1.82) is 0 Å². The van der Waals surface area contributed by atoms with Gasteiger partial charge in [-0.3, -0.25) is 0 Å². The number of rotatable bonds is 3. The minimum absolute atomic E-state index is 0.0776. The second-order valence-electron chi connectivity index (χ2n) is 6.58. The Morgan fingerprint density at radius 3 is 2.75 bits per heavy atom. The first-order valence-corrected chi connectivity index (χ1v) is 9.03. The van der Waals surface area contributed by atoms with E-state index in [2.05, 4.69) is 15.5 Å². The average molecular weight is 384 g/mol. The van der Waals surface area contributed by atoms with Crippen LogP contribution in [0.3, 0.4) is 0 Å². The van der Waals surface area contributed by atoms with Gasteiger partial charge in [-0.1, -0.05) is 35.5 Å². The Hall–Kier alpha value is -3.29. The van der Waals surface area contributed by atoms with Crippen molar-refractivity contribution in [3.63, 3.8) is 0 Å². The molecule has 1 N–H and O–H groups in total. The number of nitrogens with zero attached hydrogens (tertiary/aromatic N) is 3. The number of piperidine rings is 1. The van der Waals surface area contributed by atoms with E-state index in [1.54, 1.807) is 4.90 Å². The lowest BCUT2D eigenvalue weighted by molar-refractivity contribution is 0.142. The molecule has 1 aliphatic rings. The molecule has 0 saturated carbocycles. The highest BCUT2D eigenvalue weighted by Crippen LogP contribution is 2.32. The molecule has 0 spiro atoms. The zero-order chi connectivity index (χ0) is 19.5. The number of halogens is 2. The second kappa shape index (κ2) is 7.75. The first kappa shape index (κ1) is 18.1. The standard InChI is InChI=1S/C20H18F2N4O2/c21-14-9-10-16(15(22)12-14)23-20(27)26-11-5-4-8-17(26)19-24-18(25-28-19)13-6-2-1-3-7-13/h1-3,6-7,9-10,12,17H,4-5,8,11H2,(H,23,27). The summed E-state index contributed by atoms with van der Waals surface area (Å²) in [6, 6.07) is 11.5. The van der Waals surface area contributed by atoms with Gasteiger partial charge in [0.25, 0.3) is 0 Å². The van der Waals surface area contributed by atoms with Gasteiger partial charge in [0.15, 0.2) is 0 Å². The van der Waals surface area contributed by atoms with Gasteiger partial charge in [0.05, 0.1) is 5.69 Å². The number of nitrogens with one attached hydrogen (secondary N) is 1. The highest BCUT2D eigenvalue weighted by atomic mass is 19.1. The minimum Gasteiger partial charge on any atom is -0.337 e. The van der Waals surface area contributed by atoms with Gasteiger partial charge in [-0.05, 0) is 31.4 Å². The van der Waals surface area contributed by atoms with Crippen molar-refractivity contribution in [2.45, 2.75) is 25.3 Å². The Bertz CT molecular complexity index is 977. The van der Waals surface area contributed by atoms with E-state index in [-0.39, 0.29) is 5.69 Å². The van der Waals surface area contributed by atoms with Crippen molar-refractivity contribution in [3.8, 4) is 11.4 Å². The molecule has 6 nitrogen and oxygen atoms in total. The van der Waals surface area contributed by atoms with Crippen LogP contribution < -0.4 is 5.32 Å². The number of anilines is 1. The van der Waals surface area contributed by atoms with E-state index in [0.717, 1.165) is 30.5 Å². The molecule has 2 amide bonds. The third-order valence-corrected chi connectivity index (χ3v) is 4.70. The third-order valence-electron chi connectivity index (χ3n) is 4.70. The van der Waals surface area contributed by atoms with Gasteiger partial charge >= 0.3 is 6.03 Å². The SMILES string of the molecule is O=C(Nc1ccc(F)cc1F)N1CCCCC1c1nc(-c2ccccc2)no1. The summed E-state index contributed by atoms with van der Waals surface area (Å²) in [5, 5.41) is 6.52. The molecule has 3 aromatic rings. The van der Waals surface area contributed by atoms with Crippen molar-refractivity contribution < 1.29 is 18.1 Å². The van der Waals surface area contributed by atoms with Gasteiger partial charge in [-0.25, -0.2) is 13.6 Å². The molecule has 0 radical (unpaired) electrons. The van der Waals surface area contributed by atoms with Crippen LogP contribution >= 0.6 is 0 Å². The lowest BCUT2D eigenvalue weighted by Gasteiger charge is -2.33. The first-order chi connectivity index (χ1) is 13.6. The van der Waals surface area contributed by atoms with Gasteiger partial charge < -0.3 is 14.7 Å². The quantitative estimate of drug-likeness (QED) is 0.706. The molecule has 1 saturated heterocycles. The maximum atomic E-state index is 13.9. The fourth-order valence-electron chi connectivity index (χ4n) is 3.28. The normalized spacial score (nSPS) is 16.8. The van der Waals surface area contributed by atoms with Gasteiger partial charge in [0, 0.05) is 18.2 Å². The summed E-state index contributed by atoms with van der Waals surface area (Å²) < 4.78 is 32.4. The molecule has 1 unspecified atom stereocenters. The highest BCUT2D eigenvalue weighted by molar-refractivity contribution is 5.89. The number of hydrogen-bond acceptors (Lipinski definition) is 4. The summed E-state index contributed by atoms with van der Waals surface area (Å²) >= 11 is 0. The van der Waals surface area contributed by atoms with E-state index < -0.39 is 23.7 Å². The molecule has 1 aromatic heterocycles. The Morgan fingerprint density at radius 2 is 1.96 bits per heavy atom. The molecule has 28 heavy (non-hydrogen) atoms. The lowest BCUT2D eigenvalue weighted by Crippen LogP contribution is -2.41. The Balaban J connectivity index is 1.55. The average Bonchev–Trinajstić information content (AvgIpc) is 3.21. The number of benzene rings is 2. The second-order valence-corrected chi connectivity index (χ2v) is 6.58. The van der Waals surface area contributed by atoms with Crippen molar-refractivity contribution in [2.24, 2.45) is 0 Å². The van der Waals surface area contributed by atoms with Crippen LogP contribution in [0.2, 0.25) is 0 Å². The molecule has 1 aliphatic heterocycles. The van der Waals surface area contributed by atoms with Crippen LogP contribution in [0.4, 0.5) is 19.3 Å². The van der Waals surface area contributed by atoms with Crippen LogP contribution in [0, 0.1) is 11.6 Å². The molecule has 1 atom stereocenters. The first-order valence-electron chi connectivity index (χ1n) is 9.03. The van der Waals surface area contributed by atoms with Crippen molar-refractivity contribution >= 4 is 11.7 Å². The molecular weight excluding hydrogens is 366 g/mol. The van der Waals surface area contributed by atoms with Gasteiger partial charge in [0.2, 0.25) is 11.7 Å². The number of aromatic nitrogens is 2. The Kier molecular flexibility index (Phi) is 5.01. The van der Waals surface area contributed by atoms with E-state index in [0.29, 0.717) is 24.7 Å². The largest absolute Gasteiger partial charge is 0.337 e. The zero-order valence-corrected chi connectivity index (χ0v) is 14.9. The number of amides is 2. The molecule has 0 bridgehead atoms. The van der Waals surface area contributed by atoms with Crippen LogP contribution in [0.1, 0.15) is 31.2 Å². The van der Waals surface area contributed by atoms with Crippen LogP contribution in [0.25, 0.3) is 11.4 Å². The third kappa shape index (κ3) is 3.71. The highest BCUT2D eigenvalue weighted by Gasteiger charge is 2.32. The number of hydrogen-bond donors (Lipinski definition) is 1. The van der Waals surface area contributed by atoms with Gasteiger partial charge in [0.1, 0.15) is 17.7 Å². The van der Waals surface area contributed by atoms with Crippen molar-refractivity contribution in [3.05, 3.63) is 66.1 Å². The number of carbonyl (C=O) groups excluding carboxylic acids is 1. The monoisotopic (exact) mass is 384 g/mol. The molecule has 2 heterocycles. The topological polar surface area (TPSA) is 71.3 Å². The summed E-state index contributed by atoms with van der Waals surface area (Å²) in [7, 11) is 0. The zero-order valence-electron chi connectivity index (χ0n) is 14.9. The van der Waals surface area contributed by atoms with Crippen LogP contribution in [0.15, 0.2) is 53.1 Å². The molecular formula is C20H18F2N4O2. The van der Waals surface area contributed by atoms with Gasteiger partial charge in [-0.2, -0.15) is 4.98 Å². The van der Waals surface area contributed by atoms with Crippen molar-refractivity contribution in [1.82, 2.24) is 15.0 Å². The Labute approximate surface area is 160 Å². The van der Waals surface area contributed by atoms with Gasteiger partial charge in [-0.15, -0.1) is 0 Å². The number of carbonyl (C=O) groups is 1. The summed E-state index contributed by atoms with van der Waals surface area (Å²) in [6.07, 6.45) is 2.38. The Morgan fingerprint density at radius 1 is 1.14 bits per heavy atom. The predicted molar refractivity (Wildman–Crippen MR) is 98.4 cm³/mol. The van der Waals surface area contributed by atoms with E-state index in [9.17, 15) is 13.6 Å². The van der Waals surface area contributed by atoms with Crippen molar-refractivity contribution in [2.75, 3.05) is 11.9 Å². The summed E-state index contributed by atoms with van der Waals surface area (Å²) in [4.78, 5) is 18.7. The molecule has 2 aromatic carbocycles. The molecule has 0 aliphatic carbocycles. The molecule has 1 fully saturated rings. The molecule has 8 heteroatoms. The van der Waals surface area contributed by atoms with Crippen LogP contribution in [-0.4, -0.2) is 27.6 Å². The number of likely N-dealkylation sites (tertiary alicyclic amines) is 1. The fourth-order valence-corrected chi connectivity index (χ4v) is 3.28. The molecule has 144 valence electrons. The fraction of sp³-hybridized carbons (Fsp3) is 0.250. The van der Waals surface area contributed by atoms with E-state index >= 15 is 0 Å². The maximum absolute atomic E-state index is 13.9. The van der Waals surface area contributed by atoms with E-state index in [1.807, 2.05) is 30.3 Å². The maximum Gasteiger partial charge on any atom is 0.322 e. The lowest BCUT2D eigenvalue weighted by atomic mass is 10.0. The van der Waals surface area contributed by atoms with E-state index in [4.69, 9.17) is 4.52 Å². The summed E-state index contributed by atoms with van der Waals surface area (Å²) in [6.45, 7) is 0.475. The molecule has 4 rings (SSSR count). The summed E-state index contributed by atoms with van der Waals surface area (Å²) in [5.74, 6) is -0.740. The van der Waals surface area contributed by atoms with Crippen LogP contribution in [-0.2, 0) is 0 Å². The number of urea groups is 1. The minimum atomic E-state index is -0.828. The smallest absolute Gasteiger partial charge is 0.322 e. The predicted octanol–water partition coefficient (Wildman–Crippen LogP) is 4.77. The van der Waals surface area contributed by atoms with E-state index in [1.165, 1.54) is 6.07 Å². The van der Waals surface area contributed by atoms with Crippen LogP contribution in [0.5, 0.6) is 0 Å².